The van der Waals surface area contributed by atoms with Crippen molar-refractivity contribution < 1.29 is 34.7 Å². The van der Waals surface area contributed by atoms with Crippen molar-refractivity contribution in [1.29, 1.82) is 0 Å². The Morgan fingerprint density at radius 1 is 0.507 bits per heavy atom. The number of rotatable bonds is 21. The van der Waals surface area contributed by atoms with Gasteiger partial charge < -0.3 is 15.8 Å². The van der Waals surface area contributed by atoms with E-state index in [0.717, 1.165) is 33.4 Å². The zero-order valence-corrected chi connectivity index (χ0v) is 42.7. The molecule has 0 saturated carbocycles. The Hall–Kier alpha value is -5.63. The Balaban J connectivity index is 0.000000263. The highest BCUT2D eigenvalue weighted by Crippen LogP contribution is 2.27. The van der Waals surface area contributed by atoms with Crippen molar-refractivity contribution in [2.75, 3.05) is 0 Å². The summed E-state index contributed by atoms with van der Waals surface area (Å²) in [6, 6.07) is 52.5. The van der Waals surface area contributed by atoms with E-state index in [4.69, 9.17) is 18.8 Å². The summed E-state index contributed by atoms with van der Waals surface area (Å²) >= 11 is 0. The molecule has 0 aliphatic carbocycles. The van der Waals surface area contributed by atoms with Crippen LogP contribution < -0.4 is 11.1 Å². The average molecular weight is 975 g/mol. The summed E-state index contributed by atoms with van der Waals surface area (Å²) in [5.74, 6) is -0.180. The lowest BCUT2D eigenvalue weighted by molar-refractivity contribution is 0.0478. The monoisotopic (exact) mass is 974 g/mol. The Morgan fingerprint density at radius 2 is 0.841 bits per heavy atom. The highest BCUT2D eigenvalue weighted by molar-refractivity contribution is 7.87. The van der Waals surface area contributed by atoms with Crippen LogP contribution in [0.25, 0.3) is 0 Å². The molecule has 10 nitrogen and oxygen atoms in total. The second-order valence-corrected chi connectivity index (χ2v) is 22.2. The van der Waals surface area contributed by atoms with Crippen LogP contribution in [0.15, 0.2) is 180 Å². The first kappa shape index (κ1) is 54.3. The van der Waals surface area contributed by atoms with Crippen LogP contribution in [0.4, 0.5) is 4.79 Å². The van der Waals surface area contributed by atoms with Crippen molar-refractivity contribution in [2.45, 2.75) is 127 Å². The van der Waals surface area contributed by atoms with Gasteiger partial charge in [-0.3, -0.25) is 8.37 Å². The van der Waals surface area contributed by atoms with Crippen LogP contribution in [-0.4, -0.2) is 52.8 Å². The zero-order chi connectivity index (χ0) is 50.0. The maximum absolute atomic E-state index is 13.3. The van der Waals surface area contributed by atoms with E-state index >= 15 is 0 Å². The summed E-state index contributed by atoms with van der Waals surface area (Å²) in [6.07, 6.45) is 1.49. The molecule has 0 unspecified atom stereocenters. The number of nitrogens with two attached hydrogens (primary N) is 1. The molecule has 0 radical (unpaired) electrons. The number of hydrogen-bond acceptors (Lipinski definition) is 9. The van der Waals surface area contributed by atoms with Gasteiger partial charge in [0.2, 0.25) is 0 Å². The van der Waals surface area contributed by atoms with Gasteiger partial charge in [-0.25, -0.2) is 4.79 Å². The molecule has 6 aromatic rings. The number of nitrogens with one attached hydrogen (secondary N) is 1. The summed E-state index contributed by atoms with van der Waals surface area (Å²) in [4.78, 5) is 13.0. The van der Waals surface area contributed by atoms with Gasteiger partial charge in [-0.1, -0.05) is 171 Å². The van der Waals surface area contributed by atoms with E-state index < -0.39 is 50.2 Å². The standard InChI is InChI=1S/C31H39NO5S.C26H31NO3S/c1-23-16-18-28(19-17-23)38(34,35)37-29(24(2)20-25-12-8-6-9-13-25)22-27(21-26-14-10-7-11-15-26)32-30(33)36-31(3,4)5;1-20-13-15-25(16-14-20)31(28,29)30-26(21(2)17-22-9-5-3-6-10-22)19-24(27)18-23-11-7-4-8-12-23/h6-19,24,27,29H,20-22H2,1-5H3,(H,32,33);3-16,21,24,26H,17-19,27H2,1-2H3/t24-,27-,29-;21-,24-,26-/m00/s1. The van der Waals surface area contributed by atoms with Gasteiger partial charge in [0.25, 0.3) is 20.2 Å². The Bertz CT molecular complexity index is 2660. The first-order valence-electron chi connectivity index (χ1n) is 23.7. The van der Waals surface area contributed by atoms with Crippen molar-refractivity contribution in [3.63, 3.8) is 0 Å². The van der Waals surface area contributed by atoms with Crippen molar-refractivity contribution in [2.24, 2.45) is 17.6 Å². The minimum absolute atomic E-state index is 0.0237. The van der Waals surface area contributed by atoms with E-state index in [-0.39, 0.29) is 34.1 Å². The molecule has 0 spiro atoms. The van der Waals surface area contributed by atoms with Crippen LogP contribution in [-0.2, 0) is 59.0 Å². The van der Waals surface area contributed by atoms with Crippen molar-refractivity contribution in [3.8, 4) is 0 Å². The SMILES string of the molecule is Cc1ccc(S(=O)(=O)O[C@@H](C[C@@H](N)Cc2ccccc2)[C@@H](C)Cc2ccccc2)cc1.Cc1ccc(S(=O)(=O)O[C@@H](C[C@H](Cc2ccccc2)NC(=O)OC(C)(C)C)[C@@H](C)Cc2ccccc2)cc1. The molecule has 69 heavy (non-hydrogen) atoms. The largest absolute Gasteiger partial charge is 0.444 e. The molecule has 12 heteroatoms. The minimum atomic E-state index is -4.03. The van der Waals surface area contributed by atoms with Gasteiger partial charge in [0, 0.05) is 12.1 Å². The smallest absolute Gasteiger partial charge is 0.407 e. The summed E-state index contributed by atoms with van der Waals surface area (Å²) in [5.41, 5.74) is 12.1. The number of carbonyl (C=O) groups excluding carboxylic acids is 1. The van der Waals surface area contributed by atoms with Crippen LogP contribution in [0.2, 0.25) is 0 Å². The highest BCUT2D eigenvalue weighted by Gasteiger charge is 2.32. The molecule has 6 atom stereocenters. The van der Waals surface area contributed by atoms with Crippen LogP contribution in [0.1, 0.15) is 80.8 Å². The number of ether oxygens (including phenoxy) is 1. The summed E-state index contributed by atoms with van der Waals surface area (Å²) in [5, 5.41) is 2.97. The molecule has 0 bridgehead atoms. The molecule has 3 N–H and O–H groups in total. The predicted octanol–water partition coefficient (Wildman–Crippen LogP) is 11.4. The van der Waals surface area contributed by atoms with E-state index in [1.54, 1.807) is 69.3 Å². The lowest BCUT2D eigenvalue weighted by atomic mass is 9.90. The summed E-state index contributed by atoms with van der Waals surface area (Å²) < 4.78 is 69.9. The van der Waals surface area contributed by atoms with Crippen LogP contribution in [0.3, 0.4) is 0 Å². The molecule has 6 aromatic carbocycles. The van der Waals surface area contributed by atoms with Crippen LogP contribution in [0, 0.1) is 25.7 Å². The first-order chi connectivity index (χ1) is 32.7. The fraction of sp³-hybridized carbons (Fsp3) is 0.351. The fourth-order valence-corrected chi connectivity index (χ4v) is 10.3. The maximum Gasteiger partial charge on any atom is 0.407 e. The van der Waals surface area contributed by atoms with Gasteiger partial charge >= 0.3 is 6.09 Å². The Morgan fingerprint density at radius 3 is 1.20 bits per heavy atom. The first-order valence-corrected chi connectivity index (χ1v) is 26.5. The molecular weight excluding hydrogens is 905 g/mol. The molecule has 0 aliphatic rings. The molecule has 368 valence electrons. The second kappa shape index (κ2) is 25.8. The molecule has 0 saturated heterocycles. The Labute approximate surface area is 411 Å². The van der Waals surface area contributed by atoms with Gasteiger partial charge in [-0.2, -0.15) is 16.8 Å². The topological polar surface area (TPSA) is 151 Å². The van der Waals surface area contributed by atoms with Gasteiger partial charge in [0.1, 0.15) is 5.60 Å². The normalized spacial score (nSPS) is 14.5. The summed E-state index contributed by atoms with van der Waals surface area (Å²) in [6.45, 7) is 13.2. The predicted molar refractivity (Wildman–Crippen MR) is 276 cm³/mol. The van der Waals surface area contributed by atoms with Crippen molar-refractivity contribution in [3.05, 3.63) is 203 Å². The number of carbonyl (C=O) groups is 1. The third kappa shape index (κ3) is 19.0. The van der Waals surface area contributed by atoms with Crippen LogP contribution >= 0.6 is 0 Å². The van der Waals surface area contributed by atoms with Gasteiger partial charge in [0.05, 0.1) is 22.0 Å². The van der Waals surface area contributed by atoms with E-state index in [2.05, 4.69) is 5.32 Å². The van der Waals surface area contributed by atoms with E-state index in [1.807, 2.05) is 149 Å². The number of alkyl carbamates (subject to hydrolysis) is 1. The second-order valence-electron chi connectivity index (χ2n) is 19.1. The van der Waals surface area contributed by atoms with Gasteiger partial charge in [-0.15, -0.1) is 0 Å². The number of aryl methyl sites for hydroxylation is 2. The number of benzene rings is 6. The minimum Gasteiger partial charge on any atom is -0.444 e. The molecule has 0 heterocycles. The van der Waals surface area contributed by atoms with Gasteiger partial charge in [0.15, 0.2) is 0 Å². The van der Waals surface area contributed by atoms with E-state index in [9.17, 15) is 21.6 Å². The molecule has 0 aliphatic heterocycles. The zero-order valence-electron chi connectivity index (χ0n) is 41.0. The van der Waals surface area contributed by atoms with Crippen molar-refractivity contribution >= 4 is 26.3 Å². The van der Waals surface area contributed by atoms with E-state index in [0.29, 0.717) is 32.1 Å². The third-order valence-electron chi connectivity index (χ3n) is 11.6. The molecule has 1 amide bonds. The fourth-order valence-electron chi connectivity index (χ4n) is 7.96. The lowest BCUT2D eigenvalue weighted by Gasteiger charge is -2.29. The van der Waals surface area contributed by atoms with Crippen LogP contribution in [0.5, 0.6) is 0 Å². The molecule has 0 fully saturated rings. The molecular formula is C57H70N2O8S2. The Kier molecular flexibility index (Phi) is 20.3. The third-order valence-corrected chi connectivity index (χ3v) is 14.3. The molecule has 0 aromatic heterocycles. The number of amides is 1. The maximum atomic E-state index is 13.3. The van der Waals surface area contributed by atoms with E-state index in [1.165, 1.54) is 0 Å². The number of hydrogen-bond donors (Lipinski definition) is 2. The van der Waals surface area contributed by atoms with Crippen molar-refractivity contribution in [1.82, 2.24) is 5.32 Å². The van der Waals surface area contributed by atoms with Gasteiger partial charge in [-0.05, 0) is 131 Å². The summed E-state index contributed by atoms with van der Waals surface area (Å²) in [7, 11) is -7.92. The lowest BCUT2D eigenvalue weighted by Crippen LogP contribution is -2.43. The quantitative estimate of drug-likeness (QED) is 0.0672. The molecule has 6 rings (SSSR count). The highest BCUT2D eigenvalue weighted by atomic mass is 32.2. The average Bonchev–Trinajstić information content (AvgIpc) is 3.29.